The summed E-state index contributed by atoms with van der Waals surface area (Å²) in [7, 11) is 0. The van der Waals surface area contributed by atoms with Crippen LogP contribution in [0.25, 0.3) is 0 Å². The van der Waals surface area contributed by atoms with E-state index in [4.69, 9.17) is 4.98 Å². The molecule has 0 aliphatic carbocycles. The number of rotatable bonds is 6. The number of benzene rings is 1. The third kappa shape index (κ3) is 4.71. The number of aryl methyl sites for hydroxylation is 1. The lowest BCUT2D eigenvalue weighted by Gasteiger charge is -2.13. The standard InChI is InChI=1S/C19H19N5O2S3/c1-11-8-14-16(28-11)17(26)24(9-13-6-4-3-5-7-13)19(20-14)27-10-15(25)21-18-23-22-12(2)29-18/h3-7,11H,8-10H2,1-2H3,(H,21,23,25)/t11-/m1/s1. The smallest absolute Gasteiger partial charge is 0.268 e. The second-order valence-corrected chi connectivity index (χ2v) is 10.2. The predicted octanol–water partition coefficient (Wildman–Crippen LogP) is 3.22. The number of carbonyl (C=O) groups excluding carboxylic acids is 1. The van der Waals surface area contributed by atoms with Crippen LogP contribution in [0.15, 0.2) is 45.2 Å². The third-order valence-electron chi connectivity index (χ3n) is 4.25. The van der Waals surface area contributed by atoms with Gasteiger partial charge in [-0.1, -0.05) is 60.4 Å². The van der Waals surface area contributed by atoms with Crippen molar-refractivity contribution in [3.05, 3.63) is 57.0 Å². The molecule has 1 amide bonds. The number of amides is 1. The number of carbonyl (C=O) groups is 1. The summed E-state index contributed by atoms with van der Waals surface area (Å²) < 4.78 is 1.67. The molecule has 2 aromatic heterocycles. The van der Waals surface area contributed by atoms with Crippen LogP contribution >= 0.6 is 34.9 Å². The Kier molecular flexibility index (Phi) is 6.02. The molecule has 7 nitrogen and oxygen atoms in total. The molecule has 1 N–H and O–H groups in total. The first kappa shape index (κ1) is 20.1. The van der Waals surface area contributed by atoms with Crippen molar-refractivity contribution < 1.29 is 4.79 Å². The van der Waals surface area contributed by atoms with Crippen LogP contribution in [-0.2, 0) is 17.8 Å². The van der Waals surface area contributed by atoms with Crippen LogP contribution in [0.5, 0.6) is 0 Å². The summed E-state index contributed by atoms with van der Waals surface area (Å²) in [6, 6.07) is 9.80. The Hall–Kier alpha value is -2.17. The monoisotopic (exact) mass is 445 g/mol. The topological polar surface area (TPSA) is 89.8 Å². The molecule has 1 aliphatic heterocycles. The molecule has 1 atom stereocenters. The predicted molar refractivity (Wildman–Crippen MR) is 117 cm³/mol. The van der Waals surface area contributed by atoms with Gasteiger partial charge < -0.3 is 0 Å². The average molecular weight is 446 g/mol. The van der Waals surface area contributed by atoms with Crippen LogP contribution in [0, 0.1) is 6.92 Å². The first-order valence-corrected chi connectivity index (χ1v) is 11.7. The van der Waals surface area contributed by atoms with Crippen LogP contribution in [-0.4, -0.2) is 36.7 Å². The van der Waals surface area contributed by atoms with Gasteiger partial charge in [-0.25, -0.2) is 4.98 Å². The first-order chi connectivity index (χ1) is 14.0. The van der Waals surface area contributed by atoms with E-state index in [1.54, 1.807) is 16.3 Å². The Morgan fingerprint density at radius 3 is 2.83 bits per heavy atom. The Bertz CT molecular complexity index is 1100. The van der Waals surface area contributed by atoms with E-state index in [2.05, 4.69) is 22.4 Å². The molecule has 0 unspecified atom stereocenters. The number of nitrogens with zero attached hydrogens (tertiary/aromatic N) is 4. The van der Waals surface area contributed by atoms with Crippen LogP contribution < -0.4 is 10.9 Å². The molecular formula is C19H19N5O2S3. The summed E-state index contributed by atoms with van der Waals surface area (Å²) in [5.41, 5.74) is 1.82. The van der Waals surface area contributed by atoms with Gasteiger partial charge in [0.15, 0.2) is 5.16 Å². The molecule has 0 bridgehead atoms. The van der Waals surface area contributed by atoms with Crippen molar-refractivity contribution in [2.24, 2.45) is 0 Å². The highest BCUT2D eigenvalue weighted by atomic mass is 32.2. The van der Waals surface area contributed by atoms with Crippen molar-refractivity contribution in [3.63, 3.8) is 0 Å². The van der Waals surface area contributed by atoms with Crippen molar-refractivity contribution in [2.75, 3.05) is 11.1 Å². The molecule has 150 valence electrons. The van der Waals surface area contributed by atoms with Gasteiger partial charge in [0.1, 0.15) is 5.01 Å². The van der Waals surface area contributed by atoms with E-state index in [1.165, 1.54) is 23.1 Å². The van der Waals surface area contributed by atoms with Crippen LogP contribution in [0.1, 0.15) is 23.2 Å². The molecule has 1 aliphatic rings. The maximum Gasteiger partial charge on any atom is 0.268 e. The second kappa shape index (κ2) is 8.68. The molecule has 1 aromatic carbocycles. The molecule has 4 rings (SSSR count). The van der Waals surface area contributed by atoms with Crippen molar-refractivity contribution in [2.45, 2.75) is 42.1 Å². The summed E-state index contributed by atoms with van der Waals surface area (Å²) in [6.07, 6.45) is 0.769. The van der Waals surface area contributed by atoms with E-state index in [0.717, 1.165) is 27.6 Å². The first-order valence-electron chi connectivity index (χ1n) is 9.06. The molecule has 10 heteroatoms. The van der Waals surface area contributed by atoms with Crippen molar-refractivity contribution in [1.29, 1.82) is 0 Å². The fraction of sp³-hybridized carbons (Fsp3) is 0.316. The highest BCUT2D eigenvalue weighted by Crippen LogP contribution is 2.34. The quantitative estimate of drug-likeness (QED) is 0.460. The van der Waals surface area contributed by atoms with Gasteiger partial charge in [0.25, 0.3) is 5.56 Å². The molecule has 3 aromatic rings. The zero-order chi connectivity index (χ0) is 20.4. The van der Waals surface area contributed by atoms with Gasteiger partial charge in [0.2, 0.25) is 11.0 Å². The van der Waals surface area contributed by atoms with E-state index >= 15 is 0 Å². The summed E-state index contributed by atoms with van der Waals surface area (Å²) in [6.45, 7) is 4.35. The number of hydrogen-bond donors (Lipinski definition) is 1. The van der Waals surface area contributed by atoms with Gasteiger partial charge in [-0.15, -0.1) is 22.0 Å². The second-order valence-electron chi connectivity index (χ2n) is 6.64. The minimum absolute atomic E-state index is 0.0316. The fourth-order valence-electron chi connectivity index (χ4n) is 2.98. The van der Waals surface area contributed by atoms with Gasteiger partial charge in [-0.2, -0.15) is 0 Å². The fourth-order valence-corrected chi connectivity index (χ4v) is 5.52. The van der Waals surface area contributed by atoms with Gasteiger partial charge >= 0.3 is 0 Å². The highest BCUT2D eigenvalue weighted by Gasteiger charge is 2.26. The molecular weight excluding hydrogens is 426 g/mol. The molecule has 29 heavy (non-hydrogen) atoms. The summed E-state index contributed by atoms with van der Waals surface area (Å²) in [4.78, 5) is 30.9. The zero-order valence-electron chi connectivity index (χ0n) is 15.9. The number of aromatic nitrogens is 4. The average Bonchev–Trinajstić information content (AvgIpc) is 3.28. The number of thioether (sulfide) groups is 2. The van der Waals surface area contributed by atoms with Crippen molar-refractivity contribution in [1.82, 2.24) is 19.7 Å². The largest absolute Gasteiger partial charge is 0.300 e. The van der Waals surface area contributed by atoms with E-state index < -0.39 is 0 Å². The SMILES string of the molecule is Cc1nnc(NC(=O)CSc2nc3c(c(=O)n2Cc2ccccc2)S[C@H](C)C3)s1. The van der Waals surface area contributed by atoms with E-state index in [0.29, 0.717) is 22.1 Å². The van der Waals surface area contributed by atoms with Gasteiger partial charge in [-0.05, 0) is 12.5 Å². The van der Waals surface area contributed by atoms with Crippen molar-refractivity contribution >= 4 is 45.9 Å². The van der Waals surface area contributed by atoms with E-state index in [-0.39, 0.29) is 17.2 Å². The third-order valence-corrected chi connectivity index (χ3v) is 7.20. The van der Waals surface area contributed by atoms with Crippen LogP contribution in [0.3, 0.4) is 0 Å². The number of nitrogens with one attached hydrogen (secondary N) is 1. The summed E-state index contributed by atoms with van der Waals surface area (Å²) in [5, 5.41) is 12.7. The Labute approximate surface area is 180 Å². The van der Waals surface area contributed by atoms with E-state index in [9.17, 15) is 9.59 Å². The van der Waals surface area contributed by atoms with Gasteiger partial charge in [0.05, 0.1) is 22.9 Å². The maximum absolute atomic E-state index is 13.1. The molecule has 0 saturated heterocycles. The molecule has 3 heterocycles. The molecule has 0 radical (unpaired) electrons. The zero-order valence-corrected chi connectivity index (χ0v) is 18.4. The summed E-state index contributed by atoms with van der Waals surface area (Å²) in [5.74, 6) is -0.0589. The van der Waals surface area contributed by atoms with Gasteiger partial charge in [0, 0.05) is 11.7 Å². The van der Waals surface area contributed by atoms with Gasteiger partial charge in [-0.3, -0.25) is 19.5 Å². The molecule has 0 saturated carbocycles. The van der Waals surface area contributed by atoms with E-state index in [1.807, 2.05) is 37.3 Å². The minimum atomic E-state index is -0.199. The number of anilines is 1. The van der Waals surface area contributed by atoms with Crippen molar-refractivity contribution in [3.8, 4) is 0 Å². The highest BCUT2D eigenvalue weighted by molar-refractivity contribution is 8.00. The summed E-state index contributed by atoms with van der Waals surface area (Å²) >= 11 is 4.17. The Morgan fingerprint density at radius 1 is 1.31 bits per heavy atom. The number of hydrogen-bond acceptors (Lipinski definition) is 8. The maximum atomic E-state index is 13.1. The Balaban J connectivity index is 1.57. The normalized spacial score (nSPS) is 15.3. The van der Waals surface area contributed by atoms with Crippen LogP contribution in [0.2, 0.25) is 0 Å². The lowest BCUT2D eigenvalue weighted by Crippen LogP contribution is -2.26. The number of fused-ring (bicyclic) bond motifs is 1. The Morgan fingerprint density at radius 2 is 2.10 bits per heavy atom. The lowest BCUT2D eigenvalue weighted by atomic mass is 10.2. The molecule has 0 spiro atoms. The molecule has 0 fully saturated rings. The lowest BCUT2D eigenvalue weighted by molar-refractivity contribution is -0.113. The minimum Gasteiger partial charge on any atom is -0.300 e. The van der Waals surface area contributed by atoms with Crippen LogP contribution in [0.4, 0.5) is 5.13 Å².